The molecule has 0 saturated heterocycles. The van der Waals surface area contributed by atoms with Crippen LogP contribution in [0.25, 0.3) is 0 Å². The van der Waals surface area contributed by atoms with E-state index in [4.69, 9.17) is 20.1 Å². The van der Waals surface area contributed by atoms with E-state index in [9.17, 15) is 0 Å². The van der Waals surface area contributed by atoms with Gasteiger partial charge in [-0.05, 0) is 11.8 Å². The Labute approximate surface area is 79.2 Å². The van der Waals surface area contributed by atoms with Gasteiger partial charge in [0.2, 0.25) is 0 Å². The van der Waals surface area contributed by atoms with Crippen LogP contribution in [-0.4, -0.2) is 40.9 Å². The van der Waals surface area contributed by atoms with Gasteiger partial charge in [0, 0.05) is 0 Å². The highest BCUT2D eigenvalue weighted by Crippen LogP contribution is 2.22. The van der Waals surface area contributed by atoms with Crippen LogP contribution >= 0.6 is 0 Å². The summed E-state index contributed by atoms with van der Waals surface area (Å²) >= 11 is 0. The second kappa shape index (κ2) is 5.54. The van der Waals surface area contributed by atoms with Crippen molar-refractivity contribution in [2.75, 3.05) is 13.2 Å². The summed E-state index contributed by atoms with van der Waals surface area (Å²) < 4.78 is 4.98. The largest absolute Gasteiger partial charge is 0.394 e. The summed E-state index contributed by atoms with van der Waals surface area (Å²) in [5.74, 6) is 0. The van der Waals surface area contributed by atoms with E-state index < -0.39 is 19.0 Å². The van der Waals surface area contributed by atoms with E-state index in [0.29, 0.717) is 6.42 Å². The Morgan fingerprint density at radius 1 is 1.15 bits per heavy atom. The van der Waals surface area contributed by atoms with Crippen molar-refractivity contribution in [2.24, 2.45) is 5.41 Å². The third-order valence-electron chi connectivity index (χ3n) is 1.55. The molecule has 0 aromatic rings. The van der Waals surface area contributed by atoms with Gasteiger partial charge in [-0.15, -0.1) is 0 Å². The minimum absolute atomic E-state index is 0.0303. The van der Waals surface area contributed by atoms with Crippen molar-refractivity contribution in [3.05, 3.63) is 0 Å². The molecule has 4 heteroatoms. The first-order valence-corrected chi connectivity index (χ1v) is 4.44. The molecule has 2 unspecified atom stereocenters. The number of rotatable bonds is 5. The summed E-state index contributed by atoms with van der Waals surface area (Å²) in [7, 11) is 0. The Bertz CT molecular complexity index is 130. The second-order valence-electron chi connectivity index (χ2n) is 4.34. The van der Waals surface area contributed by atoms with Crippen molar-refractivity contribution in [3.8, 4) is 0 Å². The molecule has 0 fully saturated rings. The minimum atomic E-state index is -1.19. The summed E-state index contributed by atoms with van der Waals surface area (Å²) in [6.07, 6.45) is -0.970. The van der Waals surface area contributed by atoms with Crippen LogP contribution in [0.1, 0.15) is 27.2 Å². The lowest BCUT2D eigenvalue weighted by molar-refractivity contribution is -0.171. The Morgan fingerprint density at radius 2 is 1.69 bits per heavy atom. The standard InChI is InChI=1S/C9H20O4/c1-9(2,3)4-7(5-10)13-8(12)6-11/h7-8,10-12H,4-6H2,1-3H3. The monoisotopic (exact) mass is 192 g/mol. The van der Waals surface area contributed by atoms with E-state index in [0.717, 1.165) is 0 Å². The summed E-state index contributed by atoms with van der Waals surface area (Å²) in [6, 6.07) is 0. The zero-order valence-corrected chi connectivity index (χ0v) is 8.53. The highest BCUT2D eigenvalue weighted by molar-refractivity contribution is 4.69. The normalized spacial score (nSPS) is 17.1. The molecule has 13 heavy (non-hydrogen) atoms. The smallest absolute Gasteiger partial charge is 0.178 e. The molecule has 0 bridgehead atoms. The van der Waals surface area contributed by atoms with Gasteiger partial charge < -0.3 is 20.1 Å². The van der Waals surface area contributed by atoms with Gasteiger partial charge >= 0.3 is 0 Å². The van der Waals surface area contributed by atoms with E-state index >= 15 is 0 Å². The fourth-order valence-electron chi connectivity index (χ4n) is 1.10. The maximum absolute atomic E-state index is 8.97. The van der Waals surface area contributed by atoms with Gasteiger partial charge in [-0.2, -0.15) is 0 Å². The van der Waals surface area contributed by atoms with Crippen LogP contribution in [-0.2, 0) is 4.74 Å². The average Bonchev–Trinajstić information content (AvgIpc) is 2.00. The maximum atomic E-state index is 8.97. The number of ether oxygens (including phenoxy) is 1. The Kier molecular flexibility index (Phi) is 5.48. The van der Waals surface area contributed by atoms with Crippen LogP contribution in [0.15, 0.2) is 0 Å². The number of hydrogen-bond donors (Lipinski definition) is 3. The lowest BCUT2D eigenvalue weighted by atomic mass is 9.89. The van der Waals surface area contributed by atoms with E-state index in [1.807, 2.05) is 20.8 Å². The molecule has 0 aliphatic rings. The lowest BCUT2D eigenvalue weighted by Gasteiger charge is -2.26. The zero-order chi connectivity index (χ0) is 10.5. The second-order valence-corrected chi connectivity index (χ2v) is 4.34. The van der Waals surface area contributed by atoms with E-state index in [1.165, 1.54) is 0 Å². The average molecular weight is 192 g/mol. The Balaban J connectivity index is 3.89. The fourth-order valence-corrected chi connectivity index (χ4v) is 1.10. The van der Waals surface area contributed by atoms with Crippen molar-refractivity contribution in [3.63, 3.8) is 0 Å². The van der Waals surface area contributed by atoms with E-state index in [-0.39, 0.29) is 12.0 Å². The van der Waals surface area contributed by atoms with Gasteiger partial charge in [-0.3, -0.25) is 0 Å². The molecule has 0 aliphatic carbocycles. The SMILES string of the molecule is CC(C)(C)CC(CO)OC(O)CO. The summed E-state index contributed by atoms with van der Waals surface area (Å²) in [6.45, 7) is 5.47. The first kappa shape index (κ1) is 12.8. The Morgan fingerprint density at radius 3 is 2.00 bits per heavy atom. The highest BCUT2D eigenvalue weighted by atomic mass is 16.6. The number of aliphatic hydroxyl groups excluding tert-OH is 3. The van der Waals surface area contributed by atoms with Crippen LogP contribution in [0.2, 0.25) is 0 Å². The molecule has 80 valence electrons. The molecule has 0 heterocycles. The van der Waals surface area contributed by atoms with Crippen LogP contribution in [0.4, 0.5) is 0 Å². The quantitative estimate of drug-likeness (QED) is 0.541. The predicted molar refractivity (Wildman–Crippen MR) is 49.1 cm³/mol. The predicted octanol–water partition coefficient (Wildman–Crippen LogP) is 0.111. The van der Waals surface area contributed by atoms with Crippen molar-refractivity contribution in [1.29, 1.82) is 0 Å². The molecule has 0 saturated carbocycles. The molecular formula is C9H20O4. The molecule has 0 aromatic heterocycles. The van der Waals surface area contributed by atoms with Gasteiger partial charge in [0.15, 0.2) is 6.29 Å². The number of hydrogen-bond acceptors (Lipinski definition) is 4. The highest BCUT2D eigenvalue weighted by Gasteiger charge is 2.20. The summed E-state index contributed by atoms with van der Waals surface area (Å²) in [5.41, 5.74) is 0.0303. The maximum Gasteiger partial charge on any atom is 0.178 e. The van der Waals surface area contributed by atoms with E-state index in [1.54, 1.807) is 0 Å². The van der Waals surface area contributed by atoms with Crippen molar-refractivity contribution >= 4 is 0 Å². The summed E-state index contributed by atoms with van der Waals surface area (Å²) in [5, 5.41) is 26.4. The summed E-state index contributed by atoms with van der Waals surface area (Å²) in [4.78, 5) is 0. The van der Waals surface area contributed by atoms with Crippen molar-refractivity contribution in [2.45, 2.75) is 39.6 Å². The molecule has 0 aromatic carbocycles. The minimum Gasteiger partial charge on any atom is -0.394 e. The fraction of sp³-hybridized carbons (Fsp3) is 1.00. The molecule has 0 amide bonds. The van der Waals surface area contributed by atoms with Gasteiger partial charge in [0.05, 0.1) is 19.3 Å². The van der Waals surface area contributed by atoms with E-state index in [2.05, 4.69) is 0 Å². The van der Waals surface area contributed by atoms with Crippen LogP contribution in [0.3, 0.4) is 0 Å². The topological polar surface area (TPSA) is 69.9 Å². The molecule has 3 N–H and O–H groups in total. The third-order valence-corrected chi connectivity index (χ3v) is 1.55. The van der Waals surface area contributed by atoms with Crippen LogP contribution in [0.5, 0.6) is 0 Å². The zero-order valence-electron chi connectivity index (χ0n) is 8.53. The Hall–Kier alpha value is -0.160. The van der Waals surface area contributed by atoms with Crippen LogP contribution in [0, 0.1) is 5.41 Å². The molecule has 0 radical (unpaired) electrons. The molecule has 0 spiro atoms. The van der Waals surface area contributed by atoms with Gasteiger partial charge in [0.25, 0.3) is 0 Å². The van der Waals surface area contributed by atoms with Crippen molar-refractivity contribution < 1.29 is 20.1 Å². The molecule has 2 atom stereocenters. The molecule has 0 rings (SSSR count). The van der Waals surface area contributed by atoms with Crippen LogP contribution < -0.4 is 0 Å². The lowest BCUT2D eigenvalue weighted by Crippen LogP contribution is -2.30. The molecular weight excluding hydrogens is 172 g/mol. The first-order chi connectivity index (χ1) is 5.89. The number of aliphatic hydroxyl groups is 3. The van der Waals surface area contributed by atoms with Gasteiger partial charge in [-0.1, -0.05) is 20.8 Å². The first-order valence-electron chi connectivity index (χ1n) is 4.44. The van der Waals surface area contributed by atoms with Gasteiger partial charge in [0.1, 0.15) is 0 Å². The molecule has 4 nitrogen and oxygen atoms in total. The van der Waals surface area contributed by atoms with Crippen molar-refractivity contribution in [1.82, 2.24) is 0 Å². The van der Waals surface area contributed by atoms with Gasteiger partial charge in [-0.25, -0.2) is 0 Å². The molecule has 0 aliphatic heterocycles. The third kappa shape index (κ3) is 6.95.